The molecule has 3 aromatic carbocycles. The Labute approximate surface area is 212 Å². The lowest BCUT2D eigenvalue weighted by molar-refractivity contribution is -0.122. The Morgan fingerprint density at radius 3 is 2.17 bits per heavy atom. The predicted octanol–water partition coefficient (Wildman–Crippen LogP) is 5.53. The molecule has 6 heteroatoms. The minimum Gasteiger partial charge on any atom is -0.506 e. The fourth-order valence-electron chi connectivity index (χ4n) is 5.09. The highest BCUT2D eigenvalue weighted by molar-refractivity contribution is 6.32. The molecule has 1 fully saturated rings. The van der Waals surface area contributed by atoms with Crippen LogP contribution in [0.25, 0.3) is 0 Å². The zero-order chi connectivity index (χ0) is 25.1. The van der Waals surface area contributed by atoms with Crippen molar-refractivity contribution in [3.63, 3.8) is 0 Å². The zero-order valence-corrected chi connectivity index (χ0v) is 21.0. The van der Waals surface area contributed by atoms with Gasteiger partial charge in [-0.15, -0.1) is 0 Å². The molecule has 1 atom stereocenters. The molecule has 1 saturated heterocycles. The summed E-state index contributed by atoms with van der Waals surface area (Å²) in [6.45, 7) is 6.07. The lowest BCUT2D eigenvalue weighted by Gasteiger charge is -2.40. The van der Waals surface area contributed by atoms with E-state index in [4.69, 9.17) is 22.1 Å². The second kappa shape index (κ2) is 10.3. The van der Waals surface area contributed by atoms with Crippen molar-refractivity contribution in [2.75, 3.05) is 13.1 Å². The Bertz CT molecular complexity index is 1110. The number of aromatic hydroxyl groups is 1. The quantitative estimate of drug-likeness (QED) is 0.412. The van der Waals surface area contributed by atoms with Crippen LogP contribution in [0.15, 0.2) is 78.9 Å². The van der Waals surface area contributed by atoms with Gasteiger partial charge in [-0.3, -0.25) is 9.69 Å². The van der Waals surface area contributed by atoms with Gasteiger partial charge in [-0.1, -0.05) is 72.3 Å². The number of primary amides is 1. The maximum absolute atomic E-state index is 13.1. The number of rotatable bonds is 9. The highest BCUT2D eigenvalue weighted by Crippen LogP contribution is 2.40. The topological polar surface area (TPSA) is 75.8 Å². The molecule has 35 heavy (non-hydrogen) atoms. The molecule has 1 heterocycles. The number of benzene rings is 3. The number of halogens is 1. The normalized spacial score (nSPS) is 16.8. The molecule has 4 rings (SSSR count). The summed E-state index contributed by atoms with van der Waals surface area (Å²) in [5, 5.41) is 10.2. The van der Waals surface area contributed by atoms with Gasteiger partial charge in [-0.05, 0) is 56.4 Å². The summed E-state index contributed by atoms with van der Waals surface area (Å²) in [5.41, 5.74) is 6.90. The fraction of sp³-hybridized carbons (Fsp3) is 0.345. The number of carbonyl (C=O) groups excluding carboxylic acids is 1. The van der Waals surface area contributed by atoms with Crippen LogP contribution in [0.4, 0.5) is 0 Å². The van der Waals surface area contributed by atoms with Crippen LogP contribution in [0, 0.1) is 0 Å². The molecule has 0 saturated carbocycles. The van der Waals surface area contributed by atoms with Crippen LogP contribution < -0.4 is 10.5 Å². The summed E-state index contributed by atoms with van der Waals surface area (Å²) in [7, 11) is 0. The van der Waals surface area contributed by atoms with E-state index in [1.807, 2.05) is 60.7 Å². The maximum atomic E-state index is 13.1. The standard InChI is InChI=1S/C29H33ClN2O3/c1-28(2,32-18-15-24(20-32)35-23-13-14-25(30)26(33)19-23)16-17-29(27(31)34,21-9-5-3-6-10-21)22-11-7-4-8-12-22/h3-14,19,24,33H,15-18,20H2,1-2H3,(H2,31,34)/t24-/m0/s1. The summed E-state index contributed by atoms with van der Waals surface area (Å²) in [6, 6.07) is 24.7. The van der Waals surface area contributed by atoms with Crippen LogP contribution in [0.3, 0.4) is 0 Å². The van der Waals surface area contributed by atoms with Crippen molar-refractivity contribution in [1.29, 1.82) is 0 Å². The third-order valence-corrected chi connectivity index (χ3v) is 7.61. The predicted molar refractivity (Wildman–Crippen MR) is 140 cm³/mol. The van der Waals surface area contributed by atoms with Gasteiger partial charge in [-0.2, -0.15) is 0 Å². The molecule has 0 aliphatic carbocycles. The molecule has 0 aromatic heterocycles. The van der Waals surface area contributed by atoms with E-state index in [-0.39, 0.29) is 23.3 Å². The van der Waals surface area contributed by atoms with E-state index in [1.54, 1.807) is 18.2 Å². The van der Waals surface area contributed by atoms with Crippen LogP contribution in [-0.2, 0) is 10.2 Å². The van der Waals surface area contributed by atoms with Crippen molar-refractivity contribution in [2.24, 2.45) is 5.73 Å². The third-order valence-electron chi connectivity index (χ3n) is 7.29. The van der Waals surface area contributed by atoms with Crippen LogP contribution in [0.5, 0.6) is 11.5 Å². The number of hydrogen-bond acceptors (Lipinski definition) is 4. The average Bonchev–Trinajstić information content (AvgIpc) is 3.33. The van der Waals surface area contributed by atoms with Crippen LogP contribution in [0.1, 0.15) is 44.2 Å². The molecular formula is C29H33ClN2O3. The Kier molecular flexibility index (Phi) is 7.39. The van der Waals surface area contributed by atoms with E-state index in [0.717, 1.165) is 37.1 Å². The first-order valence-electron chi connectivity index (χ1n) is 12.0. The zero-order valence-electron chi connectivity index (χ0n) is 20.3. The second-order valence-electron chi connectivity index (χ2n) is 9.90. The fourth-order valence-corrected chi connectivity index (χ4v) is 5.21. The van der Waals surface area contributed by atoms with E-state index < -0.39 is 5.41 Å². The van der Waals surface area contributed by atoms with Gasteiger partial charge in [0.25, 0.3) is 0 Å². The van der Waals surface area contributed by atoms with Crippen LogP contribution in [0.2, 0.25) is 5.02 Å². The largest absolute Gasteiger partial charge is 0.506 e. The van der Waals surface area contributed by atoms with E-state index >= 15 is 0 Å². The van der Waals surface area contributed by atoms with Crippen molar-refractivity contribution in [1.82, 2.24) is 4.90 Å². The number of amides is 1. The number of phenolic OH excluding ortho intramolecular Hbond substituents is 1. The minimum atomic E-state index is -0.906. The number of ether oxygens (including phenoxy) is 1. The lowest BCUT2D eigenvalue weighted by Crippen LogP contribution is -2.47. The maximum Gasteiger partial charge on any atom is 0.232 e. The smallest absolute Gasteiger partial charge is 0.232 e. The third kappa shape index (κ3) is 5.31. The van der Waals surface area contributed by atoms with Crippen LogP contribution in [-0.4, -0.2) is 40.6 Å². The molecule has 0 bridgehead atoms. The Hall–Kier alpha value is -3.02. The van der Waals surface area contributed by atoms with E-state index in [2.05, 4.69) is 18.7 Å². The number of nitrogens with zero attached hydrogens (tertiary/aromatic N) is 1. The van der Waals surface area contributed by atoms with Crippen molar-refractivity contribution < 1.29 is 14.6 Å². The minimum absolute atomic E-state index is 0.0130. The van der Waals surface area contributed by atoms with Crippen LogP contribution >= 0.6 is 11.6 Å². The monoisotopic (exact) mass is 492 g/mol. The Morgan fingerprint density at radius 1 is 1.03 bits per heavy atom. The number of carbonyl (C=O) groups is 1. The van der Waals surface area contributed by atoms with Gasteiger partial charge in [0, 0.05) is 24.7 Å². The number of hydrogen-bond donors (Lipinski definition) is 2. The first kappa shape index (κ1) is 25.1. The van der Waals surface area contributed by atoms with Crippen molar-refractivity contribution in [2.45, 2.75) is 50.2 Å². The molecule has 1 aliphatic heterocycles. The highest BCUT2D eigenvalue weighted by Gasteiger charge is 2.43. The first-order chi connectivity index (χ1) is 16.7. The number of nitrogens with two attached hydrogens (primary N) is 1. The SMILES string of the molecule is CC(C)(CCC(C(N)=O)(c1ccccc1)c1ccccc1)N1CC[C@H](Oc2ccc(Cl)c(O)c2)C1. The molecule has 3 aromatic rings. The van der Waals surface area contributed by atoms with Gasteiger partial charge in [-0.25, -0.2) is 0 Å². The molecule has 1 aliphatic rings. The molecule has 5 nitrogen and oxygen atoms in total. The van der Waals surface area contributed by atoms with Gasteiger partial charge < -0.3 is 15.6 Å². The van der Waals surface area contributed by atoms with Crippen molar-refractivity contribution in [3.8, 4) is 11.5 Å². The highest BCUT2D eigenvalue weighted by atomic mass is 35.5. The Morgan fingerprint density at radius 2 is 1.63 bits per heavy atom. The molecule has 0 spiro atoms. The summed E-state index contributed by atoms with van der Waals surface area (Å²) in [6.07, 6.45) is 2.26. The van der Waals surface area contributed by atoms with Crippen molar-refractivity contribution >= 4 is 17.5 Å². The lowest BCUT2D eigenvalue weighted by atomic mass is 9.69. The summed E-state index contributed by atoms with van der Waals surface area (Å²) in [5.74, 6) is 0.289. The summed E-state index contributed by atoms with van der Waals surface area (Å²) >= 11 is 5.92. The second-order valence-corrected chi connectivity index (χ2v) is 10.3. The molecule has 0 radical (unpaired) electrons. The number of likely N-dealkylation sites (tertiary alicyclic amines) is 1. The Balaban J connectivity index is 1.51. The van der Waals surface area contributed by atoms with Gasteiger partial charge in [0.2, 0.25) is 5.91 Å². The molecular weight excluding hydrogens is 460 g/mol. The molecule has 0 unspecified atom stereocenters. The van der Waals surface area contributed by atoms with Gasteiger partial charge >= 0.3 is 0 Å². The van der Waals surface area contributed by atoms with Crippen molar-refractivity contribution in [3.05, 3.63) is 95.0 Å². The van der Waals surface area contributed by atoms with Gasteiger partial charge in [0.1, 0.15) is 17.6 Å². The summed E-state index contributed by atoms with van der Waals surface area (Å²) in [4.78, 5) is 15.5. The van der Waals surface area contributed by atoms with E-state index in [9.17, 15) is 9.90 Å². The summed E-state index contributed by atoms with van der Waals surface area (Å²) < 4.78 is 6.12. The molecule has 3 N–H and O–H groups in total. The van der Waals surface area contributed by atoms with E-state index in [1.165, 1.54) is 0 Å². The van der Waals surface area contributed by atoms with Gasteiger partial charge in [0.15, 0.2) is 0 Å². The average molecular weight is 493 g/mol. The van der Waals surface area contributed by atoms with E-state index in [0.29, 0.717) is 17.2 Å². The number of phenols is 1. The molecule has 184 valence electrons. The molecule has 1 amide bonds. The first-order valence-corrected chi connectivity index (χ1v) is 12.4. The van der Waals surface area contributed by atoms with Gasteiger partial charge in [0.05, 0.1) is 10.4 Å².